The van der Waals surface area contributed by atoms with Crippen molar-refractivity contribution in [2.75, 3.05) is 11.9 Å². The second kappa shape index (κ2) is 8.93. The molecule has 0 aliphatic carbocycles. The maximum Gasteiger partial charge on any atom is 0.331 e. The van der Waals surface area contributed by atoms with Crippen molar-refractivity contribution in [2.24, 2.45) is 5.16 Å². The first-order chi connectivity index (χ1) is 12.5. The van der Waals surface area contributed by atoms with Crippen LogP contribution in [-0.2, 0) is 34.4 Å². The van der Waals surface area contributed by atoms with Crippen molar-refractivity contribution in [3.05, 3.63) is 29.8 Å². The number of esters is 1. The third-order valence-corrected chi connectivity index (χ3v) is 3.50. The van der Waals surface area contributed by atoms with Crippen LogP contribution in [0.4, 0.5) is 5.69 Å². The van der Waals surface area contributed by atoms with E-state index in [-0.39, 0.29) is 12.3 Å². The molecular weight excluding hydrogens is 356 g/mol. The van der Waals surface area contributed by atoms with Crippen molar-refractivity contribution in [1.29, 1.82) is 0 Å². The number of para-hydroxylation sites is 1. The van der Waals surface area contributed by atoms with Crippen LogP contribution in [0.5, 0.6) is 0 Å². The maximum atomic E-state index is 12.8. The molecular formula is C18H22N2O7. The van der Waals surface area contributed by atoms with Crippen molar-refractivity contribution in [3.63, 3.8) is 0 Å². The van der Waals surface area contributed by atoms with Crippen molar-refractivity contribution in [1.82, 2.24) is 0 Å². The summed E-state index contributed by atoms with van der Waals surface area (Å²) in [6, 6.07) is 7.07. The smallest absolute Gasteiger partial charge is 0.331 e. The van der Waals surface area contributed by atoms with Gasteiger partial charge >= 0.3 is 11.9 Å². The summed E-state index contributed by atoms with van der Waals surface area (Å²) in [6.07, 6.45) is 0.0000463. The Labute approximate surface area is 156 Å². The average Bonchev–Trinajstić information content (AvgIpc) is 2.75. The van der Waals surface area contributed by atoms with Gasteiger partial charge < -0.3 is 19.6 Å². The molecule has 0 aromatic heterocycles. The van der Waals surface area contributed by atoms with Gasteiger partial charge in [-0.2, -0.15) is 0 Å². The average molecular weight is 378 g/mol. The Morgan fingerprint density at radius 3 is 2.19 bits per heavy atom. The van der Waals surface area contributed by atoms with Gasteiger partial charge in [-0.15, -0.1) is 0 Å². The van der Waals surface area contributed by atoms with Gasteiger partial charge in [0.05, 0.1) is 11.4 Å². The van der Waals surface area contributed by atoms with Gasteiger partial charge in [-0.3, -0.25) is 14.4 Å². The number of fused-ring (bicyclic) bond motifs is 1. The summed E-state index contributed by atoms with van der Waals surface area (Å²) in [5, 5.41) is 11.1. The minimum absolute atomic E-state index is 0.0000463. The number of rotatable bonds is 4. The quantitative estimate of drug-likeness (QED) is 0.367. The monoisotopic (exact) mass is 378 g/mol. The number of aliphatic carboxylic acids is 1. The number of anilines is 1. The van der Waals surface area contributed by atoms with Gasteiger partial charge in [0, 0.05) is 39.8 Å². The number of benzene rings is 1. The molecule has 0 saturated carbocycles. The number of hydrogen-bond acceptors (Lipinski definition) is 7. The SMILES string of the molecule is CC(=O)O.CC(=O)ON=C(C)CC1(OC(C)=O)C(=O)N(C)c2ccccc21. The van der Waals surface area contributed by atoms with Crippen LogP contribution >= 0.6 is 0 Å². The highest BCUT2D eigenvalue weighted by molar-refractivity contribution is 6.09. The third-order valence-electron chi connectivity index (χ3n) is 3.50. The highest BCUT2D eigenvalue weighted by atomic mass is 16.7. The van der Waals surface area contributed by atoms with E-state index in [0.717, 1.165) is 6.92 Å². The number of nitrogens with zero attached hydrogens (tertiary/aromatic N) is 2. The van der Waals surface area contributed by atoms with Crippen LogP contribution in [0.3, 0.4) is 0 Å². The minimum Gasteiger partial charge on any atom is -0.481 e. The van der Waals surface area contributed by atoms with Gasteiger partial charge in [-0.25, -0.2) is 4.79 Å². The molecule has 146 valence electrons. The summed E-state index contributed by atoms with van der Waals surface area (Å²) >= 11 is 0. The largest absolute Gasteiger partial charge is 0.481 e. The van der Waals surface area contributed by atoms with Crippen molar-refractivity contribution in [3.8, 4) is 0 Å². The first-order valence-electron chi connectivity index (χ1n) is 7.99. The second-order valence-electron chi connectivity index (χ2n) is 5.91. The van der Waals surface area contributed by atoms with E-state index in [2.05, 4.69) is 9.99 Å². The van der Waals surface area contributed by atoms with E-state index in [9.17, 15) is 14.4 Å². The molecule has 9 heteroatoms. The van der Waals surface area contributed by atoms with Crippen LogP contribution in [0, 0.1) is 0 Å². The number of amides is 1. The predicted molar refractivity (Wildman–Crippen MR) is 96.1 cm³/mol. The molecule has 2 rings (SSSR count). The standard InChI is InChI=1S/C16H18N2O5.C2H4O2/c1-10(17-23-12(3)20)9-16(22-11(2)19)13-7-5-6-8-14(13)18(4)15(16)21;1-2(3)4/h5-8H,9H2,1-4H3;1H3,(H,3,4). The molecule has 1 amide bonds. The number of carbonyl (C=O) groups excluding carboxylic acids is 3. The summed E-state index contributed by atoms with van der Waals surface area (Å²) in [4.78, 5) is 50.3. The van der Waals surface area contributed by atoms with Crippen LogP contribution in [0.25, 0.3) is 0 Å². The second-order valence-corrected chi connectivity index (χ2v) is 5.91. The normalized spacial score (nSPS) is 18.2. The maximum absolute atomic E-state index is 12.8. The van der Waals surface area contributed by atoms with E-state index < -0.39 is 23.5 Å². The zero-order valence-electron chi connectivity index (χ0n) is 15.8. The first kappa shape index (κ1) is 21.8. The van der Waals surface area contributed by atoms with Crippen LogP contribution in [-0.4, -0.2) is 41.7 Å². The molecule has 1 aliphatic rings. The number of carbonyl (C=O) groups is 4. The van der Waals surface area contributed by atoms with E-state index in [1.165, 1.54) is 18.7 Å². The van der Waals surface area contributed by atoms with Gasteiger partial charge in [0.15, 0.2) is 0 Å². The lowest BCUT2D eigenvalue weighted by molar-refractivity contribution is -0.165. The Bertz CT molecular complexity index is 784. The Morgan fingerprint density at radius 1 is 1.11 bits per heavy atom. The lowest BCUT2D eigenvalue weighted by atomic mass is 9.89. The molecule has 0 radical (unpaired) electrons. The van der Waals surface area contributed by atoms with Gasteiger partial charge in [-0.1, -0.05) is 23.4 Å². The summed E-state index contributed by atoms with van der Waals surface area (Å²) < 4.78 is 5.43. The number of oxime groups is 1. The van der Waals surface area contributed by atoms with E-state index in [0.29, 0.717) is 17.0 Å². The number of hydrogen-bond donors (Lipinski definition) is 1. The van der Waals surface area contributed by atoms with E-state index in [4.69, 9.17) is 14.6 Å². The molecule has 1 aromatic carbocycles. The van der Waals surface area contributed by atoms with Crippen molar-refractivity contribution in [2.45, 2.75) is 39.7 Å². The fourth-order valence-corrected chi connectivity index (χ4v) is 2.69. The summed E-state index contributed by atoms with van der Waals surface area (Å²) in [6.45, 7) is 5.15. The van der Waals surface area contributed by atoms with Crippen LogP contribution in [0.2, 0.25) is 0 Å². The number of carboxylic acids is 1. The van der Waals surface area contributed by atoms with Crippen LogP contribution < -0.4 is 4.90 Å². The molecule has 0 fully saturated rings. The molecule has 27 heavy (non-hydrogen) atoms. The molecule has 1 unspecified atom stereocenters. The molecule has 1 N–H and O–H groups in total. The lowest BCUT2D eigenvalue weighted by Gasteiger charge is -2.27. The highest BCUT2D eigenvalue weighted by Crippen LogP contribution is 2.44. The first-order valence-corrected chi connectivity index (χ1v) is 7.99. The molecule has 0 bridgehead atoms. The molecule has 1 atom stereocenters. The Balaban J connectivity index is 0.000000828. The summed E-state index contributed by atoms with van der Waals surface area (Å²) in [5.41, 5.74) is 0.115. The van der Waals surface area contributed by atoms with Gasteiger partial charge in [-0.05, 0) is 13.0 Å². The lowest BCUT2D eigenvalue weighted by Crippen LogP contribution is -2.43. The van der Waals surface area contributed by atoms with E-state index in [1.807, 2.05) is 0 Å². The molecule has 1 aliphatic heterocycles. The fourth-order valence-electron chi connectivity index (χ4n) is 2.69. The Hall–Kier alpha value is -3.23. The van der Waals surface area contributed by atoms with Gasteiger partial charge in [0.2, 0.25) is 5.60 Å². The molecule has 1 aromatic rings. The van der Waals surface area contributed by atoms with Gasteiger partial charge in [0.1, 0.15) is 0 Å². The molecule has 0 saturated heterocycles. The minimum atomic E-state index is -1.50. The third kappa shape index (κ3) is 5.37. The summed E-state index contributed by atoms with van der Waals surface area (Å²) in [7, 11) is 1.62. The zero-order valence-corrected chi connectivity index (χ0v) is 15.8. The van der Waals surface area contributed by atoms with Crippen molar-refractivity contribution >= 4 is 35.2 Å². The number of carboxylic acid groups (broad SMARTS) is 1. The fraction of sp³-hybridized carbons (Fsp3) is 0.389. The van der Waals surface area contributed by atoms with Crippen molar-refractivity contribution < 1.29 is 33.9 Å². The summed E-state index contributed by atoms with van der Waals surface area (Å²) in [5.74, 6) is -2.35. The van der Waals surface area contributed by atoms with Crippen LogP contribution in [0.1, 0.15) is 39.7 Å². The zero-order chi connectivity index (χ0) is 20.8. The predicted octanol–water partition coefficient (Wildman–Crippen LogP) is 1.84. The van der Waals surface area contributed by atoms with E-state index in [1.54, 1.807) is 38.2 Å². The van der Waals surface area contributed by atoms with Gasteiger partial charge in [0.25, 0.3) is 11.9 Å². The number of ether oxygens (including phenoxy) is 1. The topological polar surface area (TPSA) is 123 Å². The number of likely N-dealkylation sites (N-methyl/N-ethyl adjacent to an activating group) is 1. The van der Waals surface area contributed by atoms with Crippen LogP contribution in [0.15, 0.2) is 29.4 Å². The Morgan fingerprint density at radius 2 is 1.67 bits per heavy atom. The molecule has 1 heterocycles. The molecule has 9 nitrogen and oxygen atoms in total. The van der Waals surface area contributed by atoms with E-state index >= 15 is 0 Å². The highest BCUT2D eigenvalue weighted by Gasteiger charge is 2.53. The molecule has 0 spiro atoms. The Kier molecular flexibility index (Phi) is 7.21.